The van der Waals surface area contributed by atoms with Gasteiger partial charge in [0.1, 0.15) is 5.00 Å². The summed E-state index contributed by atoms with van der Waals surface area (Å²) in [4.78, 5) is 26.8. The first kappa shape index (κ1) is 19.0. The average Bonchev–Trinajstić information content (AvgIpc) is 3.06. The maximum absolute atomic E-state index is 13.1. The standard InChI is InChI=1S/C22H20ClNO3S/c1-2-27-22(26)19-16-7-3-4-12-18(16)28-21(19)24-20(25)15-10-5-9-14-13(15)8-6-11-17(14)23/h5-6,8-11H,2-4,7,12H2,1H3,(H,24,25). The van der Waals surface area contributed by atoms with Gasteiger partial charge in [-0.2, -0.15) is 0 Å². The maximum Gasteiger partial charge on any atom is 0.341 e. The van der Waals surface area contributed by atoms with E-state index < -0.39 is 0 Å². The van der Waals surface area contributed by atoms with Gasteiger partial charge in [0.25, 0.3) is 5.91 Å². The number of halogens is 1. The Bertz CT molecular complexity index is 1070. The number of carbonyl (C=O) groups is 2. The summed E-state index contributed by atoms with van der Waals surface area (Å²) < 4.78 is 5.27. The van der Waals surface area contributed by atoms with Crippen molar-refractivity contribution in [2.75, 3.05) is 11.9 Å². The molecule has 1 amide bonds. The SMILES string of the molecule is CCOC(=O)c1c(NC(=O)c2cccc3c(Cl)cccc23)sc2c1CCCC2. The van der Waals surface area contributed by atoms with Gasteiger partial charge >= 0.3 is 5.97 Å². The van der Waals surface area contributed by atoms with E-state index in [1.807, 2.05) is 24.3 Å². The molecular weight excluding hydrogens is 394 g/mol. The van der Waals surface area contributed by atoms with Crippen LogP contribution in [0.15, 0.2) is 36.4 Å². The van der Waals surface area contributed by atoms with Crippen LogP contribution >= 0.6 is 22.9 Å². The zero-order valence-corrected chi connectivity index (χ0v) is 17.1. The van der Waals surface area contributed by atoms with Crippen molar-refractivity contribution in [1.29, 1.82) is 0 Å². The largest absolute Gasteiger partial charge is 0.462 e. The molecule has 1 N–H and O–H groups in total. The van der Waals surface area contributed by atoms with E-state index in [9.17, 15) is 9.59 Å². The van der Waals surface area contributed by atoms with Crippen molar-refractivity contribution in [3.05, 3.63) is 63.0 Å². The molecule has 0 unspecified atom stereocenters. The van der Waals surface area contributed by atoms with Crippen LogP contribution in [0.5, 0.6) is 0 Å². The minimum atomic E-state index is -0.363. The van der Waals surface area contributed by atoms with Crippen molar-refractivity contribution in [2.45, 2.75) is 32.6 Å². The molecule has 2 aromatic carbocycles. The second-order valence-electron chi connectivity index (χ2n) is 6.73. The molecule has 4 nitrogen and oxygen atoms in total. The van der Waals surface area contributed by atoms with E-state index in [-0.39, 0.29) is 11.9 Å². The van der Waals surface area contributed by atoms with Crippen LogP contribution in [0, 0.1) is 0 Å². The van der Waals surface area contributed by atoms with Crippen LogP contribution in [0.2, 0.25) is 5.02 Å². The number of amides is 1. The first-order chi connectivity index (χ1) is 13.6. The third-order valence-corrected chi connectivity index (χ3v) is 6.53. The molecular formula is C22H20ClNO3S. The number of ether oxygens (including phenoxy) is 1. The molecule has 0 saturated heterocycles. The number of carbonyl (C=O) groups excluding carboxylic acids is 2. The Hall–Kier alpha value is -2.37. The highest BCUT2D eigenvalue weighted by Crippen LogP contribution is 2.39. The first-order valence-corrected chi connectivity index (χ1v) is 10.6. The molecule has 0 aliphatic heterocycles. The van der Waals surface area contributed by atoms with Gasteiger partial charge < -0.3 is 10.1 Å². The van der Waals surface area contributed by atoms with Crippen LogP contribution in [0.1, 0.15) is 50.9 Å². The fourth-order valence-electron chi connectivity index (χ4n) is 3.71. The number of hydrogen-bond acceptors (Lipinski definition) is 4. The van der Waals surface area contributed by atoms with Gasteiger partial charge in [0.15, 0.2) is 0 Å². The van der Waals surface area contributed by atoms with Crippen LogP contribution in [-0.4, -0.2) is 18.5 Å². The zero-order valence-electron chi connectivity index (χ0n) is 15.5. The van der Waals surface area contributed by atoms with Crippen LogP contribution in [-0.2, 0) is 17.6 Å². The van der Waals surface area contributed by atoms with E-state index in [2.05, 4.69) is 5.32 Å². The maximum atomic E-state index is 13.1. The molecule has 0 saturated carbocycles. The molecule has 1 aliphatic rings. The Morgan fingerprint density at radius 3 is 2.68 bits per heavy atom. The van der Waals surface area contributed by atoms with Crippen LogP contribution in [0.4, 0.5) is 5.00 Å². The van der Waals surface area contributed by atoms with E-state index in [4.69, 9.17) is 16.3 Å². The van der Waals surface area contributed by atoms with Gasteiger partial charge in [-0.25, -0.2) is 4.79 Å². The van der Waals surface area contributed by atoms with E-state index in [0.717, 1.165) is 42.0 Å². The highest BCUT2D eigenvalue weighted by atomic mass is 35.5. The number of nitrogens with one attached hydrogen (secondary N) is 1. The van der Waals surface area contributed by atoms with Crippen LogP contribution in [0.25, 0.3) is 10.8 Å². The van der Waals surface area contributed by atoms with Crippen molar-refractivity contribution >= 4 is 50.6 Å². The lowest BCUT2D eigenvalue weighted by Gasteiger charge is -2.12. The number of fused-ring (bicyclic) bond motifs is 2. The summed E-state index contributed by atoms with van der Waals surface area (Å²) in [5, 5.41) is 5.76. The molecule has 0 spiro atoms. The molecule has 0 radical (unpaired) electrons. The lowest BCUT2D eigenvalue weighted by atomic mass is 9.95. The molecule has 0 atom stereocenters. The Morgan fingerprint density at radius 1 is 1.11 bits per heavy atom. The Labute approximate surface area is 172 Å². The topological polar surface area (TPSA) is 55.4 Å². The Balaban J connectivity index is 1.74. The summed E-state index contributed by atoms with van der Waals surface area (Å²) in [5.41, 5.74) is 2.08. The molecule has 3 aromatic rings. The summed E-state index contributed by atoms with van der Waals surface area (Å²) in [7, 11) is 0. The molecule has 28 heavy (non-hydrogen) atoms. The van der Waals surface area contributed by atoms with E-state index in [1.54, 1.807) is 19.1 Å². The minimum absolute atomic E-state index is 0.253. The second kappa shape index (κ2) is 7.94. The summed E-state index contributed by atoms with van der Waals surface area (Å²) in [6.07, 6.45) is 3.93. The fourth-order valence-corrected chi connectivity index (χ4v) is 5.22. The number of aryl methyl sites for hydroxylation is 1. The van der Waals surface area contributed by atoms with Gasteiger partial charge in [0.05, 0.1) is 12.2 Å². The van der Waals surface area contributed by atoms with Crippen molar-refractivity contribution < 1.29 is 14.3 Å². The summed E-state index contributed by atoms with van der Waals surface area (Å²) in [6, 6.07) is 11.0. The van der Waals surface area contributed by atoms with Gasteiger partial charge in [-0.15, -0.1) is 11.3 Å². The molecule has 1 heterocycles. The minimum Gasteiger partial charge on any atom is -0.462 e. The zero-order chi connectivity index (χ0) is 19.7. The van der Waals surface area contributed by atoms with Crippen molar-refractivity contribution in [1.82, 2.24) is 0 Å². The number of esters is 1. The van der Waals surface area contributed by atoms with Gasteiger partial charge in [-0.3, -0.25) is 4.79 Å². The molecule has 6 heteroatoms. The normalized spacial score (nSPS) is 13.2. The third kappa shape index (κ3) is 3.40. The van der Waals surface area contributed by atoms with Gasteiger partial charge in [0, 0.05) is 20.8 Å². The lowest BCUT2D eigenvalue weighted by Crippen LogP contribution is -2.16. The van der Waals surface area contributed by atoms with E-state index >= 15 is 0 Å². The number of anilines is 1. The van der Waals surface area contributed by atoms with Crippen molar-refractivity contribution in [3.8, 4) is 0 Å². The average molecular weight is 414 g/mol. The monoisotopic (exact) mass is 413 g/mol. The molecule has 1 aliphatic carbocycles. The summed E-state index contributed by atoms with van der Waals surface area (Å²) >= 11 is 7.76. The molecule has 1 aromatic heterocycles. The smallest absolute Gasteiger partial charge is 0.341 e. The highest BCUT2D eigenvalue weighted by molar-refractivity contribution is 7.17. The predicted molar refractivity (Wildman–Crippen MR) is 114 cm³/mol. The summed E-state index contributed by atoms with van der Waals surface area (Å²) in [5.74, 6) is -0.616. The summed E-state index contributed by atoms with van der Waals surface area (Å²) in [6.45, 7) is 2.09. The number of benzene rings is 2. The lowest BCUT2D eigenvalue weighted by molar-refractivity contribution is 0.0526. The number of hydrogen-bond donors (Lipinski definition) is 1. The quantitative estimate of drug-likeness (QED) is 0.545. The highest BCUT2D eigenvalue weighted by Gasteiger charge is 2.27. The van der Waals surface area contributed by atoms with Crippen molar-refractivity contribution in [3.63, 3.8) is 0 Å². The Morgan fingerprint density at radius 2 is 1.86 bits per heavy atom. The number of thiophene rings is 1. The molecule has 144 valence electrons. The predicted octanol–water partition coefficient (Wildman–Crippen LogP) is 5.86. The fraction of sp³-hybridized carbons (Fsp3) is 0.273. The number of rotatable bonds is 4. The van der Waals surface area contributed by atoms with E-state index in [0.29, 0.717) is 27.8 Å². The Kier molecular flexibility index (Phi) is 5.38. The third-order valence-electron chi connectivity index (χ3n) is 4.99. The van der Waals surface area contributed by atoms with Gasteiger partial charge in [-0.1, -0.05) is 35.9 Å². The second-order valence-corrected chi connectivity index (χ2v) is 8.24. The van der Waals surface area contributed by atoms with Gasteiger partial charge in [-0.05, 0) is 55.7 Å². The van der Waals surface area contributed by atoms with Gasteiger partial charge in [0.2, 0.25) is 0 Å². The van der Waals surface area contributed by atoms with E-state index in [1.165, 1.54) is 16.2 Å². The van der Waals surface area contributed by atoms with Crippen molar-refractivity contribution in [2.24, 2.45) is 0 Å². The van der Waals surface area contributed by atoms with Crippen LogP contribution < -0.4 is 5.32 Å². The molecule has 0 bridgehead atoms. The molecule has 0 fully saturated rings. The molecule has 4 rings (SSSR count). The first-order valence-electron chi connectivity index (χ1n) is 9.40. The van der Waals surface area contributed by atoms with Crippen LogP contribution in [0.3, 0.4) is 0 Å².